The van der Waals surface area contributed by atoms with Crippen LogP contribution in [-0.4, -0.2) is 16.5 Å². The topological polar surface area (TPSA) is 49.8 Å². The highest BCUT2D eigenvalue weighted by Gasteiger charge is 2.05. The van der Waals surface area contributed by atoms with Crippen molar-refractivity contribution in [3.8, 4) is 0 Å². The number of hydrogen-bond donors (Lipinski definition) is 2. The van der Waals surface area contributed by atoms with E-state index in [1.807, 2.05) is 13.1 Å². The number of nitrogens with zero attached hydrogens (tertiary/aromatic N) is 2. The van der Waals surface area contributed by atoms with Gasteiger partial charge in [0.1, 0.15) is 5.82 Å². The molecule has 0 atom stereocenters. The molecule has 2 aromatic rings. The average molecular weight is 276 g/mol. The van der Waals surface area contributed by atoms with E-state index in [1.165, 1.54) is 11.1 Å². The van der Waals surface area contributed by atoms with E-state index in [0.29, 0.717) is 5.95 Å². The Hall–Kier alpha value is -1.62. The average Bonchev–Trinajstić information content (AvgIpc) is 2.82. The van der Waals surface area contributed by atoms with Crippen LogP contribution in [0.15, 0.2) is 17.0 Å². The third-order valence-corrected chi connectivity index (χ3v) is 3.82. The molecule has 4 nitrogen and oxygen atoms in total. The molecule has 0 saturated carbocycles. The van der Waals surface area contributed by atoms with Gasteiger partial charge in [0, 0.05) is 24.8 Å². The van der Waals surface area contributed by atoms with Crippen molar-refractivity contribution < 1.29 is 0 Å². The van der Waals surface area contributed by atoms with Gasteiger partial charge in [0.15, 0.2) is 0 Å². The molecule has 0 aromatic carbocycles. The van der Waals surface area contributed by atoms with E-state index in [4.69, 9.17) is 0 Å². The summed E-state index contributed by atoms with van der Waals surface area (Å²) in [6, 6.07) is 0. The fraction of sp³-hybridized carbons (Fsp3) is 0.429. The number of anilines is 2. The van der Waals surface area contributed by atoms with Crippen molar-refractivity contribution in [1.29, 1.82) is 0 Å². The first-order valence-electron chi connectivity index (χ1n) is 6.53. The summed E-state index contributed by atoms with van der Waals surface area (Å²) in [5.74, 6) is 1.59. The molecule has 0 amide bonds. The predicted molar refractivity (Wildman–Crippen MR) is 81.9 cm³/mol. The highest BCUT2D eigenvalue weighted by molar-refractivity contribution is 7.08. The molecule has 0 bridgehead atoms. The lowest BCUT2D eigenvalue weighted by Gasteiger charge is -2.10. The second-order valence-electron chi connectivity index (χ2n) is 4.59. The van der Waals surface area contributed by atoms with Crippen LogP contribution in [-0.2, 0) is 6.54 Å². The molecule has 19 heavy (non-hydrogen) atoms. The molecule has 0 aliphatic heterocycles. The predicted octanol–water partition coefficient (Wildman–Crippen LogP) is 3.59. The molecule has 2 heterocycles. The minimum absolute atomic E-state index is 0.692. The molecule has 0 aliphatic carbocycles. The molecule has 0 saturated heterocycles. The molecule has 2 aromatic heterocycles. The van der Waals surface area contributed by atoms with Crippen molar-refractivity contribution in [2.75, 3.05) is 17.2 Å². The van der Waals surface area contributed by atoms with Crippen molar-refractivity contribution in [1.82, 2.24) is 9.97 Å². The van der Waals surface area contributed by atoms with Crippen LogP contribution in [0.5, 0.6) is 0 Å². The largest absolute Gasteiger partial charge is 0.366 e. The molecule has 0 radical (unpaired) electrons. The second kappa shape index (κ2) is 6.52. The van der Waals surface area contributed by atoms with Gasteiger partial charge in [0.05, 0.1) is 0 Å². The fourth-order valence-electron chi connectivity index (χ4n) is 1.69. The summed E-state index contributed by atoms with van der Waals surface area (Å²) >= 11 is 1.73. The van der Waals surface area contributed by atoms with E-state index in [1.54, 1.807) is 11.3 Å². The molecular weight excluding hydrogens is 256 g/mol. The number of hydrogen-bond acceptors (Lipinski definition) is 5. The van der Waals surface area contributed by atoms with Gasteiger partial charge < -0.3 is 10.6 Å². The van der Waals surface area contributed by atoms with E-state index in [-0.39, 0.29) is 0 Å². The second-order valence-corrected chi connectivity index (χ2v) is 5.33. The van der Waals surface area contributed by atoms with Crippen molar-refractivity contribution in [3.63, 3.8) is 0 Å². The molecule has 2 N–H and O–H groups in total. The summed E-state index contributed by atoms with van der Waals surface area (Å²) in [4.78, 5) is 8.79. The van der Waals surface area contributed by atoms with Gasteiger partial charge in [-0.1, -0.05) is 6.92 Å². The number of thiophene rings is 1. The Kier molecular flexibility index (Phi) is 4.74. The molecular formula is C14H20N4S. The van der Waals surface area contributed by atoms with E-state index < -0.39 is 0 Å². The van der Waals surface area contributed by atoms with Crippen molar-refractivity contribution in [2.24, 2.45) is 0 Å². The lowest BCUT2D eigenvalue weighted by Crippen LogP contribution is -2.09. The highest BCUT2D eigenvalue weighted by atomic mass is 32.1. The monoisotopic (exact) mass is 276 g/mol. The number of nitrogens with one attached hydrogen (secondary N) is 2. The van der Waals surface area contributed by atoms with Gasteiger partial charge in [0.25, 0.3) is 0 Å². The van der Waals surface area contributed by atoms with Crippen molar-refractivity contribution >= 4 is 23.1 Å². The normalized spacial score (nSPS) is 10.5. The summed E-state index contributed by atoms with van der Waals surface area (Å²) in [5.41, 5.74) is 3.72. The van der Waals surface area contributed by atoms with Crippen LogP contribution in [0.1, 0.15) is 30.0 Å². The van der Waals surface area contributed by atoms with Crippen LogP contribution in [0.3, 0.4) is 0 Å². The Labute approximate surface area is 118 Å². The van der Waals surface area contributed by atoms with E-state index >= 15 is 0 Å². The van der Waals surface area contributed by atoms with E-state index in [2.05, 4.69) is 45.2 Å². The molecule has 2 rings (SSSR count). The van der Waals surface area contributed by atoms with Gasteiger partial charge in [-0.3, -0.25) is 0 Å². The van der Waals surface area contributed by atoms with Crippen molar-refractivity contribution in [2.45, 2.75) is 33.7 Å². The summed E-state index contributed by atoms with van der Waals surface area (Å²) in [6.45, 7) is 7.98. The summed E-state index contributed by atoms with van der Waals surface area (Å²) in [6.07, 6.45) is 2.92. The third-order valence-electron chi connectivity index (χ3n) is 2.91. The minimum Gasteiger partial charge on any atom is -0.366 e. The van der Waals surface area contributed by atoms with Crippen LogP contribution >= 0.6 is 11.3 Å². The van der Waals surface area contributed by atoms with Crippen LogP contribution < -0.4 is 10.6 Å². The maximum absolute atomic E-state index is 4.51. The van der Waals surface area contributed by atoms with Crippen LogP contribution in [0.25, 0.3) is 0 Å². The van der Waals surface area contributed by atoms with Gasteiger partial charge in [-0.05, 0) is 42.2 Å². The number of rotatable bonds is 6. The van der Waals surface area contributed by atoms with Gasteiger partial charge in [0.2, 0.25) is 5.95 Å². The molecule has 0 fully saturated rings. The minimum atomic E-state index is 0.692. The quantitative estimate of drug-likeness (QED) is 0.846. The maximum Gasteiger partial charge on any atom is 0.224 e. The standard InChI is InChI=1S/C14H20N4S/c1-4-5-15-14-17-6-10(2)13(18-14)16-7-12-9-19-8-11(12)3/h6,8-9H,4-5,7H2,1-3H3,(H2,15,16,17,18). The van der Waals surface area contributed by atoms with Gasteiger partial charge in [-0.25, -0.2) is 4.98 Å². The first-order chi connectivity index (χ1) is 9.20. The fourth-order valence-corrected chi connectivity index (χ4v) is 2.55. The first-order valence-corrected chi connectivity index (χ1v) is 7.48. The van der Waals surface area contributed by atoms with E-state index in [9.17, 15) is 0 Å². The molecule has 0 spiro atoms. The van der Waals surface area contributed by atoms with Gasteiger partial charge in [-0.15, -0.1) is 0 Å². The maximum atomic E-state index is 4.51. The Morgan fingerprint density at radius 1 is 1.16 bits per heavy atom. The van der Waals surface area contributed by atoms with Crippen LogP contribution in [0.2, 0.25) is 0 Å². The molecule has 5 heteroatoms. The summed E-state index contributed by atoms with van der Waals surface area (Å²) < 4.78 is 0. The number of aryl methyl sites for hydroxylation is 2. The molecule has 0 aliphatic rings. The van der Waals surface area contributed by atoms with Crippen LogP contribution in [0.4, 0.5) is 11.8 Å². The summed E-state index contributed by atoms with van der Waals surface area (Å²) in [5, 5.41) is 10.9. The summed E-state index contributed by atoms with van der Waals surface area (Å²) in [7, 11) is 0. The Morgan fingerprint density at radius 3 is 2.68 bits per heavy atom. The SMILES string of the molecule is CCCNc1ncc(C)c(NCc2cscc2C)n1. The Morgan fingerprint density at radius 2 is 2.00 bits per heavy atom. The highest BCUT2D eigenvalue weighted by Crippen LogP contribution is 2.17. The zero-order chi connectivity index (χ0) is 13.7. The number of aromatic nitrogens is 2. The van der Waals surface area contributed by atoms with Gasteiger partial charge >= 0.3 is 0 Å². The zero-order valence-electron chi connectivity index (χ0n) is 11.7. The first kappa shape index (κ1) is 13.8. The Balaban J connectivity index is 2.04. The lowest BCUT2D eigenvalue weighted by molar-refractivity contribution is 0.947. The third kappa shape index (κ3) is 3.67. The van der Waals surface area contributed by atoms with Crippen molar-refractivity contribution in [3.05, 3.63) is 33.6 Å². The smallest absolute Gasteiger partial charge is 0.224 e. The molecule has 102 valence electrons. The van der Waals surface area contributed by atoms with Gasteiger partial charge in [-0.2, -0.15) is 16.3 Å². The lowest BCUT2D eigenvalue weighted by atomic mass is 10.2. The zero-order valence-corrected chi connectivity index (χ0v) is 12.5. The molecule has 0 unspecified atom stereocenters. The Bertz CT molecular complexity index is 536. The van der Waals surface area contributed by atoms with E-state index in [0.717, 1.165) is 30.9 Å². The van der Waals surface area contributed by atoms with Crippen LogP contribution in [0, 0.1) is 13.8 Å².